The minimum Gasteiger partial charge on any atom is -0.356 e. The van der Waals surface area contributed by atoms with Crippen LogP contribution in [-0.2, 0) is 4.79 Å². The third-order valence-electron chi connectivity index (χ3n) is 7.47. The number of hydrogen-bond donors (Lipinski definition) is 1. The van der Waals surface area contributed by atoms with Crippen molar-refractivity contribution in [2.24, 2.45) is 11.3 Å². The van der Waals surface area contributed by atoms with Gasteiger partial charge in [0.25, 0.3) is 5.91 Å². The number of carbonyl (C=O) groups is 2. The van der Waals surface area contributed by atoms with Gasteiger partial charge in [-0.3, -0.25) is 14.6 Å². The second-order valence-electron chi connectivity index (χ2n) is 9.46. The number of likely N-dealkylation sites (tertiary alicyclic amines) is 1. The number of nitrogens with zero attached hydrogens (tertiary/aromatic N) is 3. The molecule has 3 aromatic rings. The number of rotatable bonds is 7. The topological polar surface area (TPSA) is 75.2 Å². The molecule has 1 aliphatic carbocycles. The van der Waals surface area contributed by atoms with Gasteiger partial charge >= 0.3 is 0 Å². The van der Waals surface area contributed by atoms with Crippen LogP contribution < -0.4 is 5.32 Å². The highest BCUT2D eigenvalue weighted by atomic mass is 16.2. The lowest BCUT2D eigenvalue weighted by atomic mass is 9.88. The quantitative estimate of drug-likeness (QED) is 0.584. The molecule has 5 rings (SSSR count). The Hall–Kier alpha value is -3.54. The van der Waals surface area contributed by atoms with E-state index in [-0.39, 0.29) is 29.1 Å². The predicted molar refractivity (Wildman–Crippen MR) is 130 cm³/mol. The van der Waals surface area contributed by atoms with E-state index in [4.69, 9.17) is 0 Å². The third kappa shape index (κ3) is 4.72. The minimum atomic E-state index is -0.0718. The van der Waals surface area contributed by atoms with Crippen LogP contribution >= 0.6 is 0 Å². The Kier molecular flexibility index (Phi) is 6.39. The molecule has 6 heteroatoms. The number of amides is 2. The van der Waals surface area contributed by atoms with Crippen LogP contribution in [-0.4, -0.2) is 46.3 Å². The molecule has 1 spiro atoms. The van der Waals surface area contributed by atoms with Gasteiger partial charge in [0.1, 0.15) is 5.69 Å². The molecule has 0 radical (unpaired) electrons. The molecule has 2 aromatic carbocycles. The van der Waals surface area contributed by atoms with E-state index in [1.807, 2.05) is 17.0 Å². The van der Waals surface area contributed by atoms with Crippen LogP contribution in [0.1, 0.15) is 53.2 Å². The van der Waals surface area contributed by atoms with Crippen LogP contribution in [0.5, 0.6) is 0 Å². The molecule has 1 saturated heterocycles. The Morgan fingerprint density at radius 1 is 0.971 bits per heavy atom. The van der Waals surface area contributed by atoms with Crippen LogP contribution in [0.2, 0.25) is 0 Å². The third-order valence-corrected chi connectivity index (χ3v) is 7.47. The standard InChI is InChI=1S/C28H30N4O2/c33-26(31-14-11-23(21-7-3-1-4-8-21)22-9-5-2-6-10-22)24-19-28(24)12-17-32(18-13-28)27(34)25-20-29-15-16-30-25/h1-10,15-16,20,23-24H,11-14,17-19H2,(H,31,33). The van der Waals surface area contributed by atoms with Crippen molar-refractivity contribution in [3.05, 3.63) is 96.1 Å². The molecule has 1 aromatic heterocycles. The molecule has 1 N–H and O–H groups in total. The Balaban J connectivity index is 1.13. The zero-order chi connectivity index (χ0) is 23.4. The fraction of sp³-hybridized carbons (Fsp3) is 0.357. The summed E-state index contributed by atoms with van der Waals surface area (Å²) < 4.78 is 0. The molecule has 34 heavy (non-hydrogen) atoms. The summed E-state index contributed by atoms with van der Waals surface area (Å²) in [5, 5.41) is 3.21. The van der Waals surface area contributed by atoms with Gasteiger partial charge in [0, 0.05) is 43.9 Å². The molecule has 6 nitrogen and oxygen atoms in total. The maximum Gasteiger partial charge on any atom is 0.274 e. The number of aromatic nitrogens is 2. The lowest BCUT2D eigenvalue weighted by molar-refractivity contribution is -0.123. The van der Waals surface area contributed by atoms with E-state index >= 15 is 0 Å². The second-order valence-corrected chi connectivity index (χ2v) is 9.46. The van der Waals surface area contributed by atoms with Crippen LogP contribution in [0.4, 0.5) is 0 Å². The van der Waals surface area contributed by atoms with Crippen molar-refractivity contribution in [3.63, 3.8) is 0 Å². The highest BCUT2D eigenvalue weighted by Crippen LogP contribution is 2.59. The van der Waals surface area contributed by atoms with Gasteiger partial charge < -0.3 is 10.2 Å². The molecule has 0 bridgehead atoms. The molecular weight excluding hydrogens is 424 g/mol. The molecule has 2 aliphatic rings. The highest BCUT2D eigenvalue weighted by Gasteiger charge is 2.58. The van der Waals surface area contributed by atoms with Crippen LogP contribution in [0.25, 0.3) is 0 Å². The van der Waals surface area contributed by atoms with E-state index in [0.717, 1.165) is 25.7 Å². The molecule has 174 valence electrons. The molecule has 2 heterocycles. The average molecular weight is 455 g/mol. The predicted octanol–water partition coefficient (Wildman–Crippen LogP) is 4.06. The first-order valence-electron chi connectivity index (χ1n) is 12.1. The van der Waals surface area contributed by atoms with Gasteiger partial charge in [-0.05, 0) is 42.2 Å². The van der Waals surface area contributed by atoms with Gasteiger partial charge in [0.05, 0.1) is 6.20 Å². The average Bonchev–Trinajstić information content (AvgIpc) is 3.61. The zero-order valence-corrected chi connectivity index (χ0v) is 19.3. The fourth-order valence-corrected chi connectivity index (χ4v) is 5.36. The molecular formula is C28H30N4O2. The van der Waals surface area contributed by atoms with Gasteiger partial charge in [-0.15, -0.1) is 0 Å². The summed E-state index contributed by atoms with van der Waals surface area (Å²) in [6.07, 6.45) is 8.14. The lowest BCUT2D eigenvalue weighted by Crippen LogP contribution is -2.41. The van der Waals surface area contributed by atoms with Crippen molar-refractivity contribution in [3.8, 4) is 0 Å². The lowest BCUT2D eigenvalue weighted by Gasteiger charge is -2.32. The minimum absolute atomic E-state index is 0.0570. The van der Waals surface area contributed by atoms with E-state index in [0.29, 0.717) is 25.3 Å². The number of hydrogen-bond acceptors (Lipinski definition) is 4. The molecule has 2 amide bonds. The summed E-state index contributed by atoms with van der Waals surface area (Å²) in [7, 11) is 0. The SMILES string of the molecule is O=C(NCCC(c1ccccc1)c1ccccc1)C1CC12CCN(C(=O)c1cnccn1)CC2. The number of piperidine rings is 1. The molecule has 1 atom stereocenters. The van der Waals surface area contributed by atoms with Crippen molar-refractivity contribution < 1.29 is 9.59 Å². The highest BCUT2D eigenvalue weighted by molar-refractivity contribution is 5.92. The maximum absolute atomic E-state index is 13.0. The zero-order valence-electron chi connectivity index (χ0n) is 19.3. The molecule has 1 unspecified atom stereocenters. The molecule has 1 saturated carbocycles. The van der Waals surface area contributed by atoms with Gasteiger partial charge in [-0.25, -0.2) is 4.98 Å². The summed E-state index contributed by atoms with van der Waals surface area (Å²) in [4.78, 5) is 35.5. The summed E-state index contributed by atoms with van der Waals surface area (Å²) in [6, 6.07) is 21.0. The van der Waals surface area contributed by atoms with E-state index in [1.54, 1.807) is 12.4 Å². The first kappa shape index (κ1) is 22.3. The second kappa shape index (κ2) is 9.75. The smallest absolute Gasteiger partial charge is 0.274 e. The Morgan fingerprint density at radius 3 is 2.21 bits per heavy atom. The number of carbonyl (C=O) groups excluding carboxylic acids is 2. The first-order valence-corrected chi connectivity index (χ1v) is 12.1. The van der Waals surface area contributed by atoms with E-state index in [2.05, 4.69) is 63.8 Å². The van der Waals surface area contributed by atoms with E-state index < -0.39 is 0 Å². The van der Waals surface area contributed by atoms with Gasteiger partial charge in [-0.1, -0.05) is 60.7 Å². The normalized spacial score (nSPS) is 18.6. The Labute approximate surface area is 200 Å². The van der Waals surface area contributed by atoms with Gasteiger partial charge in [0.2, 0.25) is 5.91 Å². The molecule has 1 aliphatic heterocycles. The van der Waals surface area contributed by atoms with Crippen LogP contribution in [0.15, 0.2) is 79.3 Å². The summed E-state index contributed by atoms with van der Waals surface area (Å²) in [5.74, 6) is 0.408. The van der Waals surface area contributed by atoms with Crippen molar-refractivity contribution in [2.75, 3.05) is 19.6 Å². The van der Waals surface area contributed by atoms with Crippen LogP contribution in [0, 0.1) is 11.3 Å². The molecule has 2 fully saturated rings. The monoisotopic (exact) mass is 454 g/mol. The van der Waals surface area contributed by atoms with Gasteiger partial charge in [0.15, 0.2) is 0 Å². The largest absolute Gasteiger partial charge is 0.356 e. The van der Waals surface area contributed by atoms with E-state index in [9.17, 15) is 9.59 Å². The van der Waals surface area contributed by atoms with Crippen LogP contribution in [0.3, 0.4) is 0 Å². The Morgan fingerprint density at radius 2 is 1.62 bits per heavy atom. The summed E-state index contributed by atoms with van der Waals surface area (Å²) >= 11 is 0. The van der Waals surface area contributed by atoms with Crippen molar-refractivity contribution in [1.29, 1.82) is 0 Å². The number of nitrogens with one attached hydrogen (secondary N) is 1. The number of benzene rings is 2. The van der Waals surface area contributed by atoms with Crippen molar-refractivity contribution in [1.82, 2.24) is 20.2 Å². The van der Waals surface area contributed by atoms with Crippen molar-refractivity contribution in [2.45, 2.75) is 31.6 Å². The fourth-order valence-electron chi connectivity index (χ4n) is 5.36. The summed E-state index contributed by atoms with van der Waals surface area (Å²) in [5.41, 5.74) is 2.98. The summed E-state index contributed by atoms with van der Waals surface area (Å²) in [6.45, 7) is 1.99. The Bertz CT molecular complexity index is 1070. The van der Waals surface area contributed by atoms with Crippen molar-refractivity contribution >= 4 is 11.8 Å². The van der Waals surface area contributed by atoms with Gasteiger partial charge in [-0.2, -0.15) is 0 Å². The maximum atomic E-state index is 13.0. The van der Waals surface area contributed by atoms with E-state index in [1.165, 1.54) is 17.3 Å². The first-order chi connectivity index (χ1) is 16.7.